The lowest BCUT2D eigenvalue weighted by atomic mass is 9.86. The third kappa shape index (κ3) is 2.66. The number of hydrogen-bond acceptors (Lipinski definition) is 5. The van der Waals surface area contributed by atoms with Gasteiger partial charge < -0.3 is 4.42 Å². The number of fused-ring (bicyclic) bond motifs is 1. The molecule has 0 bridgehead atoms. The van der Waals surface area contributed by atoms with E-state index in [1.807, 2.05) is 18.2 Å². The van der Waals surface area contributed by atoms with Crippen molar-refractivity contribution in [2.75, 3.05) is 0 Å². The topological polar surface area (TPSA) is 86.5 Å². The van der Waals surface area contributed by atoms with Gasteiger partial charge >= 0.3 is 0 Å². The summed E-state index contributed by atoms with van der Waals surface area (Å²) in [6, 6.07) is 15.3. The van der Waals surface area contributed by atoms with Gasteiger partial charge in [0.2, 0.25) is 5.89 Å². The lowest BCUT2D eigenvalue weighted by Crippen LogP contribution is -2.14. The first-order chi connectivity index (χ1) is 12.3. The number of pyridine rings is 1. The Kier molecular flexibility index (Phi) is 3.76. The van der Waals surface area contributed by atoms with Crippen molar-refractivity contribution in [3.05, 3.63) is 70.9 Å². The van der Waals surface area contributed by atoms with E-state index in [4.69, 9.17) is 4.42 Å². The molecule has 5 heteroatoms. The van der Waals surface area contributed by atoms with Crippen LogP contribution in [0, 0.1) is 22.7 Å². The summed E-state index contributed by atoms with van der Waals surface area (Å²) in [4.78, 5) is 9.01. The number of nitriles is 2. The van der Waals surface area contributed by atoms with Gasteiger partial charge in [0.1, 0.15) is 11.8 Å². The fourth-order valence-electron chi connectivity index (χ4n) is 3.33. The number of hydrogen-bond donors (Lipinski definition) is 0. The summed E-state index contributed by atoms with van der Waals surface area (Å²) in [5, 5.41) is 18.6. The number of benzene rings is 1. The number of oxazole rings is 1. The molecule has 0 N–H and O–H groups in total. The number of aromatic nitrogens is 2. The molecule has 1 aromatic carbocycles. The molecule has 2 aromatic heterocycles. The molecule has 0 saturated heterocycles. The smallest absolute Gasteiger partial charge is 0.227 e. The Bertz CT molecular complexity index is 1020. The average Bonchev–Trinajstić information content (AvgIpc) is 3.11. The van der Waals surface area contributed by atoms with Gasteiger partial charge in [0.05, 0.1) is 34.1 Å². The standard InChI is InChI=1S/C20H14N4O/c21-11-14-4-1-2-6-16(14)20-24-17-8-7-13(10-18(17)25-20)19-15(12-22)5-3-9-23-19/h1-6,9,13H,7-8,10H2. The number of nitrogens with zero attached hydrogens (tertiary/aromatic N) is 4. The second-order valence-electron chi connectivity index (χ2n) is 6.03. The molecule has 1 aliphatic rings. The van der Waals surface area contributed by atoms with E-state index in [-0.39, 0.29) is 5.92 Å². The van der Waals surface area contributed by atoms with Gasteiger partial charge in [-0.2, -0.15) is 10.5 Å². The molecule has 0 amide bonds. The van der Waals surface area contributed by atoms with Gasteiger partial charge in [-0.3, -0.25) is 4.98 Å². The quantitative estimate of drug-likeness (QED) is 0.715. The molecule has 1 unspecified atom stereocenters. The highest BCUT2D eigenvalue weighted by molar-refractivity contribution is 5.63. The van der Waals surface area contributed by atoms with E-state index in [0.29, 0.717) is 29.0 Å². The van der Waals surface area contributed by atoms with Crippen LogP contribution in [0.25, 0.3) is 11.5 Å². The van der Waals surface area contributed by atoms with Crippen LogP contribution >= 0.6 is 0 Å². The van der Waals surface area contributed by atoms with Crippen LogP contribution in [0.5, 0.6) is 0 Å². The molecule has 1 aliphatic carbocycles. The van der Waals surface area contributed by atoms with Gasteiger partial charge in [-0.1, -0.05) is 12.1 Å². The van der Waals surface area contributed by atoms with Crippen molar-refractivity contribution >= 4 is 0 Å². The third-order valence-electron chi connectivity index (χ3n) is 4.56. The van der Waals surface area contributed by atoms with Crippen LogP contribution in [0.2, 0.25) is 0 Å². The van der Waals surface area contributed by atoms with Gasteiger partial charge in [0.25, 0.3) is 0 Å². The minimum atomic E-state index is 0.148. The van der Waals surface area contributed by atoms with E-state index in [1.54, 1.807) is 24.4 Å². The van der Waals surface area contributed by atoms with E-state index >= 15 is 0 Å². The maximum Gasteiger partial charge on any atom is 0.227 e. The zero-order chi connectivity index (χ0) is 17.2. The Morgan fingerprint density at radius 1 is 1.04 bits per heavy atom. The van der Waals surface area contributed by atoms with Crippen molar-refractivity contribution in [1.29, 1.82) is 10.5 Å². The highest BCUT2D eigenvalue weighted by atomic mass is 16.4. The Morgan fingerprint density at radius 2 is 1.84 bits per heavy atom. The molecule has 0 spiro atoms. The van der Waals surface area contributed by atoms with E-state index < -0.39 is 0 Å². The summed E-state index contributed by atoms with van der Waals surface area (Å²) in [7, 11) is 0. The molecule has 2 heterocycles. The van der Waals surface area contributed by atoms with Crippen LogP contribution in [0.15, 0.2) is 47.0 Å². The largest absolute Gasteiger partial charge is 0.441 e. The van der Waals surface area contributed by atoms with E-state index in [1.165, 1.54) is 0 Å². The minimum Gasteiger partial charge on any atom is -0.441 e. The molecule has 0 saturated carbocycles. The van der Waals surface area contributed by atoms with Crippen molar-refractivity contribution < 1.29 is 4.42 Å². The fourth-order valence-corrected chi connectivity index (χ4v) is 3.33. The Balaban J connectivity index is 1.68. The maximum absolute atomic E-state index is 9.30. The van der Waals surface area contributed by atoms with Crippen molar-refractivity contribution in [1.82, 2.24) is 9.97 Å². The predicted octanol–water partition coefficient (Wildman–Crippen LogP) is 3.75. The highest BCUT2D eigenvalue weighted by Crippen LogP contribution is 2.35. The van der Waals surface area contributed by atoms with Crippen LogP contribution < -0.4 is 0 Å². The molecule has 120 valence electrons. The summed E-state index contributed by atoms with van der Waals surface area (Å²) in [6.07, 6.45) is 4.05. The zero-order valence-corrected chi connectivity index (χ0v) is 13.4. The van der Waals surface area contributed by atoms with Crippen molar-refractivity contribution in [3.63, 3.8) is 0 Å². The maximum atomic E-state index is 9.30. The van der Waals surface area contributed by atoms with Crippen LogP contribution in [-0.4, -0.2) is 9.97 Å². The monoisotopic (exact) mass is 326 g/mol. The average molecular weight is 326 g/mol. The van der Waals surface area contributed by atoms with Gasteiger partial charge in [0, 0.05) is 18.5 Å². The summed E-state index contributed by atoms with van der Waals surface area (Å²) in [6.45, 7) is 0. The molecule has 0 fully saturated rings. The Hall–Kier alpha value is -3.44. The van der Waals surface area contributed by atoms with E-state index in [2.05, 4.69) is 22.1 Å². The SMILES string of the molecule is N#Cc1ccccc1-c1nc2c(o1)CC(c1ncccc1C#N)CC2. The first-order valence-electron chi connectivity index (χ1n) is 8.13. The van der Waals surface area contributed by atoms with Crippen LogP contribution in [-0.2, 0) is 12.8 Å². The first kappa shape index (κ1) is 15.1. The van der Waals surface area contributed by atoms with Crippen molar-refractivity contribution in [3.8, 4) is 23.6 Å². The van der Waals surface area contributed by atoms with Crippen LogP contribution in [0.4, 0.5) is 0 Å². The van der Waals surface area contributed by atoms with Gasteiger partial charge in [-0.15, -0.1) is 0 Å². The van der Waals surface area contributed by atoms with E-state index in [0.717, 1.165) is 30.0 Å². The van der Waals surface area contributed by atoms with Gasteiger partial charge in [-0.05, 0) is 37.1 Å². The zero-order valence-electron chi connectivity index (χ0n) is 13.4. The van der Waals surface area contributed by atoms with Gasteiger partial charge in [-0.25, -0.2) is 4.98 Å². The Morgan fingerprint density at radius 3 is 2.68 bits per heavy atom. The van der Waals surface area contributed by atoms with Crippen LogP contribution in [0.3, 0.4) is 0 Å². The molecule has 25 heavy (non-hydrogen) atoms. The summed E-state index contributed by atoms with van der Waals surface area (Å²) >= 11 is 0. The molecule has 0 radical (unpaired) electrons. The lowest BCUT2D eigenvalue weighted by Gasteiger charge is -2.20. The lowest BCUT2D eigenvalue weighted by molar-refractivity contribution is 0.453. The summed E-state index contributed by atoms with van der Waals surface area (Å²) in [5.41, 5.74) is 3.64. The second kappa shape index (κ2) is 6.22. The van der Waals surface area contributed by atoms with Crippen molar-refractivity contribution in [2.24, 2.45) is 0 Å². The minimum absolute atomic E-state index is 0.148. The number of rotatable bonds is 2. The summed E-state index contributed by atoms with van der Waals surface area (Å²) in [5.74, 6) is 1.47. The molecular formula is C20H14N4O. The molecule has 5 nitrogen and oxygen atoms in total. The number of aryl methyl sites for hydroxylation is 1. The molecule has 1 atom stereocenters. The Labute approximate surface area is 145 Å². The normalized spacial score (nSPS) is 15.8. The molecule has 3 aromatic rings. The van der Waals surface area contributed by atoms with Gasteiger partial charge in [0.15, 0.2) is 0 Å². The highest BCUT2D eigenvalue weighted by Gasteiger charge is 2.28. The third-order valence-corrected chi connectivity index (χ3v) is 4.56. The molecule has 4 rings (SSSR count). The molecular weight excluding hydrogens is 312 g/mol. The predicted molar refractivity (Wildman–Crippen MR) is 90.4 cm³/mol. The first-order valence-corrected chi connectivity index (χ1v) is 8.13. The van der Waals surface area contributed by atoms with E-state index in [9.17, 15) is 10.5 Å². The fraction of sp³-hybridized carbons (Fsp3) is 0.200. The van der Waals surface area contributed by atoms with Crippen LogP contribution in [0.1, 0.15) is 40.6 Å². The van der Waals surface area contributed by atoms with Crippen molar-refractivity contribution in [2.45, 2.75) is 25.2 Å². The molecule has 0 aliphatic heterocycles. The second-order valence-corrected chi connectivity index (χ2v) is 6.03. The summed E-state index contributed by atoms with van der Waals surface area (Å²) < 4.78 is 5.99.